The minimum absolute atomic E-state index is 0.0340. The highest BCUT2D eigenvalue weighted by atomic mass is 16.6. The van der Waals surface area contributed by atoms with Gasteiger partial charge in [-0.05, 0) is 44.4 Å². The van der Waals surface area contributed by atoms with Gasteiger partial charge in [-0.3, -0.25) is 10.1 Å². The van der Waals surface area contributed by atoms with Crippen LogP contribution in [0, 0.1) is 10.1 Å². The number of para-hydroxylation sites is 1. The largest absolute Gasteiger partial charge is 0.443 e. The van der Waals surface area contributed by atoms with E-state index in [1.807, 2.05) is 35.4 Å². The molecule has 1 saturated heterocycles. The molecule has 0 radical (unpaired) electrons. The monoisotopic (exact) mass is 463 g/mol. The Balaban J connectivity index is 1.49. The molecule has 9 heteroatoms. The summed E-state index contributed by atoms with van der Waals surface area (Å²) in [6, 6.07) is 13.9. The van der Waals surface area contributed by atoms with E-state index in [1.54, 1.807) is 32.9 Å². The lowest BCUT2D eigenvalue weighted by Gasteiger charge is -2.37. The lowest BCUT2D eigenvalue weighted by Crippen LogP contribution is -2.49. The number of esters is 1. The molecule has 2 unspecified atom stereocenters. The summed E-state index contributed by atoms with van der Waals surface area (Å²) in [5.41, 5.74) is 1.52. The van der Waals surface area contributed by atoms with Crippen molar-refractivity contribution in [2.75, 3.05) is 11.4 Å². The molecule has 0 saturated carbocycles. The maximum Gasteiger partial charge on any atom is 0.417 e. The van der Waals surface area contributed by atoms with Crippen LogP contribution in [-0.4, -0.2) is 40.3 Å². The van der Waals surface area contributed by atoms with Crippen molar-refractivity contribution in [2.45, 2.75) is 51.0 Å². The highest BCUT2D eigenvalue weighted by Gasteiger charge is 2.65. The lowest BCUT2D eigenvalue weighted by molar-refractivity contribution is -0.384. The molecule has 1 spiro atoms. The molecule has 3 aliphatic rings. The highest BCUT2D eigenvalue weighted by molar-refractivity contribution is 6.02. The molecule has 0 bridgehead atoms. The van der Waals surface area contributed by atoms with Gasteiger partial charge in [0.25, 0.3) is 5.69 Å². The molecule has 5 rings (SSSR count). The van der Waals surface area contributed by atoms with Crippen LogP contribution in [0.3, 0.4) is 0 Å². The predicted molar refractivity (Wildman–Crippen MR) is 123 cm³/mol. The fraction of sp³-hybridized carbons (Fsp3) is 0.360. The summed E-state index contributed by atoms with van der Waals surface area (Å²) in [5.74, 6) is -0.457. The summed E-state index contributed by atoms with van der Waals surface area (Å²) in [6.07, 6.45) is 1.02. The second kappa shape index (κ2) is 7.58. The van der Waals surface area contributed by atoms with Crippen LogP contribution in [0.5, 0.6) is 0 Å². The Morgan fingerprint density at radius 2 is 1.91 bits per heavy atom. The smallest absolute Gasteiger partial charge is 0.417 e. The Hall–Kier alpha value is -3.88. The van der Waals surface area contributed by atoms with Crippen molar-refractivity contribution < 1.29 is 24.0 Å². The molecule has 2 aromatic carbocycles. The molecule has 2 aromatic rings. The number of hydrogen-bond acceptors (Lipinski definition) is 7. The van der Waals surface area contributed by atoms with Gasteiger partial charge in [0.2, 0.25) is 0 Å². The third kappa shape index (κ3) is 3.39. The van der Waals surface area contributed by atoms with E-state index < -0.39 is 34.2 Å². The minimum atomic E-state index is -0.806. The lowest BCUT2D eigenvalue weighted by atomic mass is 9.72. The van der Waals surface area contributed by atoms with Gasteiger partial charge in [0, 0.05) is 31.4 Å². The fourth-order valence-electron chi connectivity index (χ4n) is 5.03. The van der Waals surface area contributed by atoms with E-state index in [1.165, 1.54) is 17.0 Å². The van der Waals surface area contributed by atoms with Gasteiger partial charge in [0.05, 0.1) is 21.6 Å². The van der Waals surface area contributed by atoms with Crippen LogP contribution >= 0.6 is 0 Å². The first-order valence-electron chi connectivity index (χ1n) is 11.1. The Morgan fingerprint density at radius 3 is 2.59 bits per heavy atom. The van der Waals surface area contributed by atoms with E-state index in [0.29, 0.717) is 30.8 Å². The zero-order valence-corrected chi connectivity index (χ0v) is 19.2. The molecule has 1 fully saturated rings. The second-order valence-electron chi connectivity index (χ2n) is 9.78. The van der Waals surface area contributed by atoms with E-state index in [9.17, 15) is 19.7 Å². The number of non-ortho nitro benzene ring substituents is 1. The van der Waals surface area contributed by atoms with Gasteiger partial charge >= 0.3 is 12.1 Å². The molecule has 2 atom stereocenters. The number of ether oxygens (including phenoxy) is 2. The van der Waals surface area contributed by atoms with Gasteiger partial charge < -0.3 is 14.4 Å². The molecule has 3 aliphatic heterocycles. The topological polar surface area (TPSA) is 102 Å². The van der Waals surface area contributed by atoms with Crippen LogP contribution in [0.4, 0.5) is 16.2 Å². The summed E-state index contributed by atoms with van der Waals surface area (Å²) >= 11 is 0. The molecule has 0 N–H and O–H groups in total. The number of rotatable bonds is 3. The van der Waals surface area contributed by atoms with E-state index in [2.05, 4.69) is 0 Å². The Morgan fingerprint density at radius 1 is 1.21 bits per heavy atom. The number of fused-ring (bicyclic) bond motifs is 1. The van der Waals surface area contributed by atoms with Crippen LogP contribution in [-0.2, 0) is 26.2 Å². The number of carbonyl (C=O) groups excluding carboxylic acids is 2. The first-order chi connectivity index (χ1) is 16.1. The summed E-state index contributed by atoms with van der Waals surface area (Å²) in [4.78, 5) is 40.1. The first kappa shape index (κ1) is 21.9. The standard InChI is InChI=1S/C25H25N3O6/c1-24(2,3)34-23(30)27-20-7-5-4-6-18(20)25-12-13-26(15-19(25)21(29)33-22(25)27)14-16-8-10-17(11-9-16)28(31)32/h4-11,15,22H,12-14H2,1-3H3. The van der Waals surface area contributed by atoms with Crippen molar-refractivity contribution in [3.05, 3.63) is 81.5 Å². The number of carbonyl (C=O) groups is 2. The molecule has 34 heavy (non-hydrogen) atoms. The highest BCUT2D eigenvalue weighted by Crippen LogP contribution is 2.57. The number of nitrogens with zero attached hydrogens (tertiary/aromatic N) is 3. The fourth-order valence-corrected chi connectivity index (χ4v) is 5.03. The van der Waals surface area contributed by atoms with E-state index in [-0.39, 0.29) is 5.69 Å². The maximum atomic E-state index is 13.2. The third-order valence-corrected chi connectivity index (χ3v) is 6.45. The number of amides is 1. The number of nitro groups is 1. The predicted octanol–water partition coefficient (Wildman–Crippen LogP) is 4.26. The van der Waals surface area contributed by atoms with Gasteiger partial charge in [0.1, 0.15) is 5.60 Å². The summed E-state index contributed by atoms with van der Waals surface area (Å²) < 4.78 is 11.5. The molecular formula is C25H25N3O6. The van der Waals surface area contributed by atoms with Crippen molar-refractivity contribution in [1.82, 2.24) is 4.90 Å². The molecule has 1 amide bonds. The van der Waals surface area contributed by atoms with Crippen LogP contribution in [0.1, 0.15) is 38.3 Å². The second-order valence-corrected chi connectivity index (χ2v) is 9.78. The van der Waals surface area contributed by atoms with Crippen molar-refractivity contribution in [2.24, 2.45) is 0 Å². The van der Waals surface area contributed by atoms with Crippen molar-refractivity contribution in [1.29, 1.82) is 0 Å². The number of hydrogen-bond donors (Lipinski definition) is 0. The SMILES string of the molecule is CC(C)(C)OC(=O)N1c2ccccc2C23CCN(Cc4ccc([N+](=O)[O-])cc4)C=C2C(=O)OC13. The summed E-state index contributed by atoms with van der Waals surface area (Å²) in [7, 11) is 0. The number of benzene rings is 2. The molecule has 0 aromatic heterocycles. The van der Waals surface area contributed by atoms with Gasteiger partial charge in [-0.1, -0.05) is 30.3 Å². The van der Waals surface area contributed by atoms with E-state index in [4.69, 9.17) is 9.47 Å². The van der Waals surface area contributed by atoms with Crippen molar-refractivity contribution >= 4 is 23.4 Å². The average Bonchev–Trinajstić information content (AvgIpc) is 3.20. The first-order valence-corrected chi connectivity index (χ1v) is 11.1. The maximum absolute atomic E-state index is 13.2. The summed E-state index contributed by atoms with van der Waals surface area (Å²) in [5, 5.41) is 10.9. The Labute approximate surface area is 196 Å². The Bertz CT molecular complexity index is 1220. The minimum Gasteiger partial charge on any atom is -0.443 e. The van der Waals surface area contributed by atoms with Gasteiger partial charge in [-0.2, -0.15) is 0 Å². The molecular weight excluding hydrogens is 438 g/mol. The van der Waals surface area contributed by atoms with Crippen LogP contribution in [0.15, 0.2) is 60.3 Å². The Kier molecular flexibility index (Phi) is 4.89. The van der Waals surface area contributed by atoms with Gasteiger partial charge in [0.15, 0.2) is 6.23 Å². The van der Waals surface area contributed by atoms with Crippen molar-refractivity contribution in [3.63, 3.8) is 0 Å². The normalized spacial score (nSPS) is 23.0. The third-order valence-electron chi connectivity index (χ3n) is 6.45. The van der Waals surface area contributed by atoms with E-state index >= 15 is 0 Å². The number of anilines is 1. The van der Waals surface area contributed by atoms with Crippen LogP contribution < -0.4 is 4.90 Å². The van der Waals surface area contributed by atoms with Gasteiger partial charge in [-0.15, -0.1) is 0 Å². The van der Waals surface area contributed by atoms with Crippen LogP contribution in [0.2, 0.25) is 0 Å². The zero-order valence-electron chi connectivity index (χ0n) is 19.2. The average molecular weight is 463 g/mol. The molecule has 3 heterocycles. The molecule has 176 valence electrons. The van der Waals surface area contributed by atoms with E-state index in [0.717, 1.165) is 11.1 Å². The summed E-state index contributed by atoms with van der Waals surface area (Å²) in [6.45, 7) is 6.50. The molecule has 0 aliphatic carbocycles. The van der Waals surface area contributed by atoms with Gasteiger partial charge in [-0.25, -0.2) is 14.5 Å². The van der Waals surface area contributed by atoms with Crippen LogP contribution in [0.25, 0.3) is 0 Å². The quantitative estimate of drug-likeness (QED) is 0.381. The number of nitro benzene ring substituents is 1. The molecule has 9 nitrogen and oxygen atoms in total. The zero-order chi connectivity index (χ0) is 24.3. The van der Waals surface area contributed by atoms with Crippen molar-refractivity contribution in [3.8, 4) is 0 Å².